The van der Waals surface area contributed by atoms with E-state index in [0.29, 0.717) is 0 Å². The molecule has 1 aliphatic heterocycles. The van der Waals surface area contributed by atoms with Gasteiger partial charge in [-0.05, 0) is 43.3 Å². The van der Waals surface area contributed by atoms with E-state index in [1.807, 2.05) is 22.9 Å². The Morgan fingerprint density at radius 2 is 1.88 bits per heavy atom. The smallest absolute Gasteiger partial charge is 0.231 e. The van der Waals surface area contributed by atoms with Crippen molar-refractivity contribution in [1.82, 2.24) is 24.9 Å². The highest BCUT2D eigenvalue weighted by Gasteiger charge is 2.19. The van der Waals surface area contributed by atoms with Gasteiger partial charge in [0, 0.05) is 36.1 Å². The molecule has 3 heterocycles. The number of nitrogens with zero attached hydrogens (tertiary/aromatic N) is 4. The van der Waals surface area contributed by atoms with E-state index >= 15 is 0 Å². The van der Waals surface area contributed by atoms with Crippen LogP contribution in [0.2, 0.25) is 0 Å². The van der Waals surface area contributed by atoms with E-state index in [1.165, 1.54) is 11.1 Å². The molecule has 2 aromatic carbocycles. The molecular formula is C26H29N5O2. The Morgan fingerprint density at radius 1 is 1.03 bits per heavy atom. The summed E-state index contributed by atoms with van der Waals surface area (Å²) in [6.07, 6.45) is 4.25. The molecule has 2 aromatic heterocycles. The van der Waals surface area contributed by atoms with E-state index in [9.17, 15) is 0 Å². The fourth-order valence-electron chi connectivity index (χ4n) is 4.23. The van der Waals surface area contributed by atoms with Crippen LogP contribution in [0.5, 0.6) is 11.5 Å². The number of aryl methyl sites for hydroxylation is 1. The quantitative estimate of drug-likeness (QED) is 0.408. The fourth-order valence-corrected chi connectivity index (χ4v) is 4.23. The maximum atomic E-state index is 5.61. The minimum absolute atomic E-state index is 0.265. The number of H-pyrrole nitrogens is 1. The van der Waals surface area contributed by atoms with Gasteiger partial charge in [0.2, 0.25) is 6.79 Å². The van der Waals surface area contributed by atoms with Crippen LogP contribution in [-0.2, 0) is 26.1 Å². The molecule has 5 rings (SSSR count). The van der Waals surface area contributed by atoms with Crippen molar-refractivity contribution in [3.8, 4) is 22.8 Å². The van der Waals surface area contributed by atoms with Crippen molar-refractivity contribution in [1.29, 1.82) is 0 Å². The lowest BCUT2D eigenvalue weighted by Crippen LogP contribution is -2.17. The maximum Gasteiger partial charge on any atom is 0.231 e. The minimum Gasteiger partial charge on any atom is -0.454 e. The van der Waals surface area contributed by atoms with Crippen molar-refractivity contribution in [3.05, 3.63) is 83.3 Å². The molecule has 0 unspecified atom stereocenters. The van der Waals surface area contributed by atoms with Crippen LogP contribution in [0.1, 0.15) is 35.9 Å². The summed E-state index contributed by atoms with van der Waals surface area (Å²) >= 11 is 0. The summed E-state index contributed by atoms with van der Waals surface area (Å²) in [6, 6.07) is 18.6. The molecule has 0 saturated heterocycles. The van der Waals surface area contributed by atoms with E-state index in [-0.39, 0.29) is 6.79 Å². The highest BCUT2D eigenvalue weighted by atomic mass is 16.7. The van der Waals surface area contributed by atoms with Crippen LogP contribution in [-0.4, -0.2) is 38.7 Å². The van der Waals surface area contributed by atoms with Gasteiger partial charge in [-0.15, -0.1) is 0 Å². The number of rotatable bonds is 9. The number of benzene rings is 2. The molecule has 7 heteroatoms. The topological polar surface area (TPSA) is 68.2 Å². The predicted molar refractivity (Wildman–Crippen MR) is 127 cm³/mol. The molecule has 0 amide bonds. The van der Waals surface area contributed by atoms with Crippen molar-refractivity contribution in [2.45, 2.75) is 39.4 Å². The summed E-state index contributed by atoms with van der Waals surface area (Å²) in [5, 5.41) is 12.6. The van der Waals surface area contributed by atoms with E-state index < -0.39 is 0 Å². The number of aromatic nitrogens is 4. The summed E-state index contributed by atoms with van der Waals surface area (Å²) in [5.74, 6) is 1.55. The highest BCUT2D eigenvalue weighted by molar-refractivity contribution is 5.67. The minimum atomic E-state index is 0.265. The standard InChI is InChI=1S/C26H29N5O2/c1-3-7-22-13-23(28-27-22)17-30(2)15-21-16-31(14-19-8-5-4-6-9-19)29-26(21)20-10-11-24-25(12-20)33-18-32-24/h4-6,8-13,16H,3,7,14-15,17-18H2,1-2H3,(H,27,28). The van der Waals surface area contributed by atoms with Crippen LogP contribution in [0, 0.1) is 0 Å². The normalized spacial score (nSPS) is 12.6. The van der Waals surface area contributed by atoms with Gasteiger partial charge in [-0.2, -0.15) is 10.2 Å². The largest absolute Gasteiger partial charge is 0.454 e. The van der Waals surface area contributed by atoms with Crippen LogP contribution in [0.15, 0.2) is 60.8 Å². The zero-order chi connectivity index (χ0) is 22.6. The third-order valence-corrected chi connectivity index (χ3v) is 5.74. The van der Waals surface area contributed by atoms with Gasteiger partial charge < -0.3 is 9.47 Å². The summed E-state index contributed by atoms with van der Waals surface area (Å²) in [7, 11) is 2.12. The Hall–Kier alpha value is -3.58. The molecule has 0 aliphatic carbocycles. The number of aromatic amines is 1. The first-order chi connectivity index (χ1) is 16.2. The van der Waals surface area contributed by atoms with Crippen LogP contribution in [0.25, 0.3) is 11.3 Å². The van der Waals surface area contributed by atoms with Gasteiger partial charge in [-0.3, -0.25) is 14.7 Å². The molecule has 170 valence electrons. The van der Waals surface area contributed by atoms with E-state index in [2.05, 4.69) is 71.7 Å². The lowest BCUT2D eigenvalue weighted by molar-refractivity contribution is 0.174. The summed E-state index contributed by atoms with van der Waals surface area (Å²) in [4.78, 5) is 2.28. The Morgan fingerprint density at radius 3 is 2.73 bits per heavy atom. The van der Waals surface area contributed by atoms with Gasteiger partial charge >= 0.3 is 0 Å². The highest BCUT2D eigenvalue weighted by Crippen LogP contribution is 2.36. The van der Waals surface area contributed by atoms with Gasteiger partial charge in [0.1, 0.15) is 0 Å². The lowest BCUT2D eigenvalue weighted by Gasteiger charge is -2.15. The van der Waals surface area contributed by atoms with Crippen molar-refractivity contribution in [2.75, 3.05) is 13.8 Å². The molecule has 1 N–H and O–H groups in total. The fraction of sp³-hybridized carbons (Fsp3) is 0.308. The number of hydrogen-bond acceptors (Lipinski definition) is 5. The van der Waals surface area contributed by atoms with Gasteiger partial charge in [-0.1, -0.05) is 43.7 Å². The van der Waals surface area contributed by atoms with Crippen molar-refractivity contribution >= 4 is 0 Å². The Bertz CT molecular complexity index is 1210. The molecule has 0 saturated carbocycles. The van der Waals surface area contributed by atoms with E-state index in [4.69, 9.17) is 14.6 Å². The first kappa shape index (κ1) is 21.3. The Balaban J connectivity index is 1.40. The van der Waals surface area contributed by atoms with Crippen LogP contribution in [0.4, 0.5) is 0 Å². The molecular weight excluding hydrogens is 414 g/mol. The average Bonchev–Trinajstić information content (AvgIpc) is 3.54. The van der Waals surface area contributed by atoms with E-state index in [0.717, 1.165) is 66.6 Å². The second-order valence-electron chi connectivity index (χ2n) is 8.56. The number of hydrogen-bond donors (Lipinski definition) is 1. The summed E-state index contributed by atoms with van der Waals surface area (Å²) in [5.41, 5.74) is 6.63. The van der Waals surface area contributed by atoms with Gasteiger partial charge in [0.15, 0.2) is 11.5 Å². The molecule has 0 spiro atoms. The molecule has 0 radical (unpaired) electrons. The predicted octanol–water partition coefficient (Wildman–Crippen LogP) is 4.63. The van der Waals surface area contributed by atoms with Gasteiger partial charge in [0.25, 0.3) is 0 Å². The molecule has 1 aliphatic rings. The molecule has 7 nitrogen and oxygen atoms in total. The van der Waals surface area contributed by atoms with Crippen LogP contribution >= 0.6 is 0 Å². The van der Waals surface area contributed by atoms with Crippen LogP contribution in [0.3, 0.4) is 0 Å². The first-order valence-electron chi connectivity index (χ1n) is 11.4. The van der Waals surface area contributed by atoms with Crippen molar-refractivity contribution < 1.29 is 9.47 Å². The van der Waals surface area contributed by atoms with Crippen molar-refractivity contribution in [3.63, 3.8) is 0 Å². The third-order valence-electron chi connectivity index (χ3n) is 5.74. The van der Waals surface area contributed by atoms with Crippen molar-refractivity contribution in [2.24, 2.45) is 0 Å². The number of fused-ring (bicyclic) bond motifs is 1. The molecule has 0 bridgehead atoms. The van der Waals surface area contributed by atoms with Gasteiger partial charge in [-0.25, -0.2) is 0 Å². The van der Waals surface area contributed by atoms with Crippen LogP contribution < -0.4 is 9.47 Å². The second-order valence-corrected chi connectivity index (χ2v) is 8.56. The monoisotopic (exact) mass is 443 g/mol. The van der Waals surface area contributed by atoms with E-state index in [1.54, 1.807) is 0 Å². The molecule has 4 aromatic rings. The Labute approximate surface area is 194 Å². The van der Waals surface area contributed by atoms with Gasteiger partial charge in [0.05, 0.1) is 17.9 Å². The average molecular weight is 444 g/mol. The lowest BCUT2D eigenvalue weighted by atomic mass is 10.1. The number of ether oxygens (including phenoxy) is 2. The zero-order valence-corrected chi connectivity index (χ0v) is 19.1. The first-order valence-corrected chi connectivity index (χ1v) is 11.4. The molecule has 33 heavy (non-hydrogen) atoms. The Kier molecular flexibility index (Phi) is 6.13. The maximum absolute atomic E-state index is 5.61. The number of nitrogens with one attached hydrogen (secondary N) is 1. The molecule has 0 atom stereocenters. The summed E-state index contributed by atoms with van der Waals surface area (Å²) in [6.45, 7) is 4.72. The SMILES string of the molecule is CCCc1cc(CN(C)Cc2cn(Cc3ccccc3)nc2-c2ccc3c(c2)OCO3)[nH]n1. The molecule has 0 fully saturated rings. The summed E-state index contributed by atoms with van der Waals surface area (Å²) < 4.78 is 13.1. The third kappa shape index (κ3) is 4.93. The zero-order valence-electron chi connectivity index (χ0n) is 19.1. The second kappa shape index (κ2) is 9.50.